The summed E-state index contributed by atoms with van der Waals surface area (Å²) >= 11 is 0. The molecule has 1 heterocycles. The molecule has 1 aromatic heterocycles. The highest BCUT2D eigenvalue weighted by atomic mass is 16.3. The molecule has 114 valence electrons. The number of nitrogens with one attached hydrogen (secondary N) is 2. The molecule has 0 aliphatic carbocycles. The van der Waals surface area contributed by atoms with Crippen LogP contribution in [-0.4, -0.2) is 28.1 Å². The zero-order chi connectivity index (χ0) is 15.3. The van der Waals surface area contributed by atoms with Gasteiger partial charge in [0.15, 0.2) is 0 Å². The summed E-state index contributed by atoms with van der Waals surface area (Å²) in [7, 11) is 0. The lowest BCUT2D eigenvalue weighted by Gasteiger charge is -2.21. The molecule has 1 aromatic carbocycles. The maximum Gasteiger partial charge on any atom is 0.220 e. The number of aromatic amines is 1. The van der Waals surface area contributed by atoms with Gasteiger partial charge in [-0.1, -0.05) is 25.1 Å². The molecule has 1 unspecified atom stereocenters. The fourth-order valence-electron chi connectivity index (χ4n) is 2.28. The minimum Gasteiger partial charge on any atom is -0.388 e. The highest BCUT2D eigenvalue weighted by molar-refractivity contribution is 5.83. The van der Waals surface area contributed by atoms with Crippen molar-refractivity contribution in [3.63, 3.8) is 0 Å². The molecule has 1 amide bonds. The molecule has 0 saturated carbocycles. The van der Waals surface area contributed by atoms with E-state index in [-0.39, 0.29) is 5.91 Å². The number of H-pyrrole nitrogens is 1. The third-order valence-corrected chi connectivity index (χ3v) is 3.95. The van der Waals surface area contributed by atoms with Crippen molar-refractivity contribution in [2.45, 2.75) is 45.1 Å². The topological polar surface area (TPSA) is 65.1 Å². The molecule has 21 heavy (non-hydrogen) atoms. The quantitative estimate of drug-likeness (QED) is 0.733. The van der Waals surface area contributed by atoms with Crippen LogP contribution in [0.1, 0.15) is 38.7 Å². The van der Waals surface area contributed by atoms with Gasteiger partial charge in [0, 0.05) is 30.1 Å². The molecule has 3 N–H and O–H groups in total. The number of carbonyl (C=O) groups is 1. The van der Waals surface area contributed by atoms with Crippen molar-refractivity contribution in [3.05, 3.63) is 36.0 Å². The summed E-state index contributed by atoms with van der Waals surface area (Å²) in [6, 6.07) is 8.19. The Morgan fingerprint density at radius 1 is 1.38 bits per heavy atom. The summed E-state index contributed by atoms with van der Waals surface area (Å²) < 4.78 is 0. The van der Waals surface area contributed by atoms with Crippen LogP contribution < -0.4 is 5.32 Å². The first-order valence-electron chi connectivity index (χ1n) is 7.56. The van der Waals surface area contributed by atoms with E-state index in [1.165, 1.54) is 10.9 Å². The molecule has 1 atom stereocenters. The molecule has 0 spiro atoms. The highest BCUT2D eigenvalue weighted by Crippen LogP contribution is 2.19. The van der Waals surface area contributed by atoms with E-state index in [9.17, 15) is 9.90 Å². The van der Waals surface area contributed by atoms with Crippen LogP contribution in [-0.2, 0) is 11.2 Å². The van der Waals surface area contributed by atoms with E-state index >= 15 is 0 Å². The summed E-state index contributed by atoms with van der Waals surface area (Å²) in [4.78, 5) is 15.0. The van der Waals surface area contributed by atoms with Gasteiger partial charge < -0.3 is 15.4 Å². The number of hydrogen-bond donors (Lipinski definition) is 3. The van der Waals surface area contributed by atoms with E-state index < -0.39 is 5.60 Å². The van der Waals surface area contributed by atoms with E-state index in [1.807, 2.05) is 25.3 Å². The second-order valence-electron chi connectivity index (χ2n) is 5.84. The van der Waals surface area contributed by atoms with Crippen molar-refractivity contribution in [2.75, 3.05) is 6.54 Å². The van der Waals surface area contributed by atoms with Gasteiger partial charge in [0.25, 0.3) is 0 Å². The second kappa shape index (κ2) is 6.76. The van der Waals surface area contributed by atoms with Crippen molar-refractivity contribution in [1.82, 2.24) is 10.3 Å². The summed E-state index contributed by atoms with van der Waals surface area (Å²) in [5, 5.41) is 13.9. The molecular weight excluding hydrogens is 264 g/mol. The highest BCUT2D eigenvalue weighted by Gasteiger charge is 2.18. The molecule has 0 bridgehead atoms. The first-order valence-corrected chi connectivity index (χ1v) is 7.56. The second-order valence-corrected chi connectivity index (χ2v) is 5.84. The third-order valence-electron chi connectivity index (χ3n) is 3.95. The number of amides is 1. The van der Waals surface area contributed by atoms with E-state index in [0.717, 1.165) is 18.4 Å². The van der Waals surface area contributed by atoms with Crippen LogP contribution in [0.2, 0.25) is 0 Å². The fraction of sp³-hybridized carbons (Fsp3) is 0.471. The lowest BCUT2D eigenvalue weighted by Crippen LogP contribution is -2.40. The lowest BCUT2D eigenvalue weighted by molar-refractivity contribution is -0.122. The number of fused-ring (bicyclic) bond motifs is 1. The van der Waals surface area contributed by atoms with Gasteiger partial charge >= 0.3 is 0 Å². The fourth-order valence-corrected chi connectivity index (χ4v) is 2.28. The van der Waals surface area contributed by atoms with Gasteiger partial charge in [0.2, 0.25) is 5.91 Å². The largest absolute Gasteiger partial charge is 0.388 e. The minimum atomic E-state index is -0.813. The first-order chi connectivity index (χ1) is 10.0. The Morgan fingerprint density at radius 3 is 2.90 bits per heavy atom. The molecule has 0 fully saturated rings. The molecule has 4 nitrogen and oxygen atoms in total. The van der Waals surface area contributed by atoms with Gasteiger partial charge in [0.05, 0.1) is 5.60 Å². The molecule has 2 aromatic rings. The van der Waals surface area contributed by atoms with Crippen LogP contribution in [0.15, 0.2) is 30.5 Å². The van der Waals surface area contributed by atoms with Crippen LogP contribution >= 0.6 is 0 Å². The summed E-state index contributed by atoms with van der Waals surface area (Å²) in [5.41, 5.74) is 1.57. The molecule has 4 heteroatoms. The van der Waals surface area contributed by atoms with Crippen molar-refractivity contribution in [1.29, 1.82) is 0 Å². The Kier molecular flexibility index (Phi) is 5.02. The number of benzene rings is 1. The Morgan fingerprint density at radius 2 is 2.14 bits per heavy atom. The number of aromatic nitrogens is 1. The van der Waals surface area contributed by atoms with Gasteiger partial charge in [-0.3, -0.25) is 4.79 Å². The minimum absolute atomic E-state index is 0.00330. The number of aliphatic hydroxyl groups is 1. The summed E-state index contributed by atoms with van der Waals surface area (Å²) in [5.74, 6) is 0.00330. The zero-order valence-electron chi connectivity index (χ0n) is 12.8. The van der Waals surface area contributed by atoms with Crippen LogP contribution in [0.5, 0.6) is 0 Å². The number of rotatable bonds is 7. The van der Waals surface area contributed by atoms with E-state index in [0.29, 0.717) is 19.4 Å². The Labute approximate surface area is 125 Å². The summed E-state index contributed by atoms with van der Waals surface area (Å²) in [6.07, 6.45) is 4.82. The van der Waals surface area contributed by atoms with Crippen molar-refractivity contribution >= 4 is 16.8 Å². The van der Waals surface area contributed by atoms with Crippen LogP contribution in [0.3, 0.4) is 0 Å². The number of para-hydroxylation sites is 1. The number of carbonyl (C=O) groups excluding carboxylic acids is 1. The lowest BCUT2D eigenvalue weighted by atomic mass is 10.0. The molecule has 2 rings (SSSR count). The molecule has 0 aliphatic rings. The maximum absolute atomic E-state index is 11.8. The van der Waals surface area contributed by atoms with Crippen molar-refractivity contribution < 1.29 is 9.90 Å². The van der Waals surface area contributed by atoms with Crippen LogP contribution in [0.4, 0.5) is 0 Å². The molecular formula is C17H24N2O2. The van der Waals surface area contributed by atoms with Crippen molar-refractivity contribution in [3.8, 4) is 0 Å². The zero-order valence-corrected chi connectivity index (χ0v) is 12.8. The average molecular weight is 288 g/mol. The van der Waals surface area contributed by atoms with Gasteiger partial charge in [-0.05, 0) is 37.8 Å². The number of aryl methyl sites for hydroxylation is 1. The Hall–Kier alpha value is -1.81. The van der Waals surface area contributed by atoms with Gasteiger partial charge in [-0.15, -0.1) is 0 Å². The van der Waals surface area contributed by atoms with E-state index in [4.69, 9.17) is 0 Å². The smallest absolute Gasteiger partial charge is 0.220 e. The van der Waals surface area contributed by atoms with Crippen LogP contribution in [0, 0.1) is 0 Å². The monoisotopic (exact) mass is 288 g/mol. The maximum atomic E-state index is 11.8. The summed E-state index contributed by atoms with van der Waals surface area (Å²) in [6.45, 7) is 3.96. The first kappa shape index (κ1) is 15.6. The van der Waals surface area contributed by atoms with E-state index in [1.54, 1.807) is 6.92 Å². The molecule has 0 saturated heterocycles. The Balaban J connectivity index is 1.78. The number of hydrogen-bond acceptors (Lipinski definition) is 2. The standard InChI is InChI=1S/C17H24N2O2/c1-3-17(2,21)12-19-16(20)10-6-7-13-11-18-15-9-5-4-8-14(13)15/h4-5,8-9,11,18,21H,3,6-7,10,12H2,1-2H3,(H,19,20). The third kappa shape index (κ3) is 4.33. The van der Waals surface area contributed by atoms with Crippen LogP contribution in [0.25, 0.3) is 10.9 Å². The van der Waals surface area contributed by atoms with Gasteiger partial charge in [0.1, 0.15) is 0 Å². The average Bonchev–Trinajstić information content (AvgIpc) is 2.89. The van der Waals surface area contributed by atoms with Gasteiger partial charge in [-0.2, -0.15) is 0 Å². The molecule has 0 radical (unpaired) electrons. The predicted octanol–water partition coefficient (Wildman–Crippen LogP) is 2.77. The van der Waals surface area contributed by atoms with Gasteiger partial charge in [-0.25, -0.2) is 0 Å². The predicted molar refractivity (Wildman–Crippen MR) is 85.2 cm³/mol. The molecule has 0 aliphatic heterocycles. The van der Waals surface area contributed by atoms with Crippen molar-refractivity contribution in [2.24, 2.45) is 0 Å². The normalized spacial score (nSPS) is 14.0. The Bertz CT molecular complexity index is 602. The van der Waals surface area contributed by atoms with E-state index in [2.05, 4.69) is 22.4 Å². The SMILES string of the molecule is CCC(C)(O)CNC(=O)CCCc1c[nH]c2ccccc12.